The van der Waals surface area contributed by atoms with Crippen LogP contribution in [0.5, 0.6) is 11.5 Å². The van der Waals surface area contributed by atoms with Crippen LogP contribution in [-0.2, 0) is 20.7 Å². The number of carbonyl (C=O) groups is 1. The van der Waals surface area contributed by atoms with Gasteiger partial charge in [0.2, 0.25) is 5.75 Å². The summed E-state index contributed by atoms with van der Waals surface area (Å²) in [5.74, 6) is -5.13. The Kier molecular flexibility index (Phi) is 9.67. The Balaban J connectivity index is 1.32. The molecule has 13 nitrogen and oxygen atoms in total. The van der Waals surface area contributed by atoms with Crippen LogP contribution in [0.1, 0.15) is 63.9 Å². The van der Waals surface area contributed by atoms with Gasteiger partial charge in [0.25, 0.3) is 5.79 Å². The van der Waals surface area contributed by atoms with Crippen molar-refractivity contribution in [2.24, 2.45) is 17.8 Å². The van der Waals surface area contributed by atoms with Gasteiger partial charge in [-0.25, -0.2) is 0 Å². The summed E-state index contributed by atoms with van der Waals surface area (Å²) in [7, 11) is 3.26. The predicted molar refractivity (Wildman–Crippen MR) is 203 cm³/mol. The summed E-state index contributed by atoms with van der Waals surface area (Å²) in [6.07, 6.45) is 7.99. The predicted octanol–water partition coefficient (Wildman–Crippen LogP) is 2.91. The Morgan fingerprint density at radius 1 is 1.13 bits per heavy atom. The van der Waals surface area contributed by atoms with Crippen LogP contribution in [0.3, 0.4) is 0 Å². The van der Waals surface area contributed by atoms with Crippen LogP contribution in [0.2, 0.25) is 0 Å². The second-order valence-corrected chi connectivity index (χ2v) is 19.4. The van der Waals surface area contributed by atoms with E-state index in [2.05, 4.69) is 5.32 Å². The van der Waals surface area contributed by atoms with E-state index in [4.69, 9.17) is 23.4 Å². The zero-order chi connectivity index (χ0) is 38.4. The second-order valence-electron chi connectivity index (χ2n) is 16.6. The van der Waals surface area contributed by atoms with Gasteiger partial charge in [-0.1, -0.05) is 52.2 Å². The molecule has 2 saturated heterocycles. The number of hydrogen-bond donors (Lipinski definition) is 7. The number of nitrogens with one attached hydrogen (secondary N) is 1. The SMILES string of the molecule is CCOC(=O)CCc1cc2ccoc2c2c1O[C@]13C=C4CC[C@@H](CNCC5(CCCC5)SS[C@@H]4[C@](CO)(O1)[C@]1(O)C[C@H]4C=C[C@H](O)[C@@H](CO)[C@H]4[C@@]3(O)[C@H]1O)O2. The molecule has 11 atom stereocenters. The molecular weight excluding hydrogens is 751 g/mol. The number of aryl methyl sites for hydroxylation is 1. The van der Waals surface area contributed by atoms with Crippen molar-refractivity contribution in [2.75, 3.05) is 32.9 Å². The molecule has 9 rings (SSSR count). The summed E-state index contributed by atoms with van der Waals surface area (Å²) in [5.41, 5.74) is -4.97. The van der Waals surface area contributed by atoms with E-state index in [0.717, 1.165) is 31.3 Å². The largest absolute Gasteiger partial charge is 0.482 e. The van der Waals surface area contributed by atoms with Gasteiger partial charge in [0.15, 0.2) is 16.9 Å². The molecule has 4 fully saturated rings. The molecule has 7 N–H and O–H groups in total. The molecule has 15 heteroatoms. The summed E-state index contributed by atoms with van der Waals surface area (Å²) in [6, 6.07) is 3.61. The standard InChI is InChI=1S/C40H51NO12S2/c1-2-49-29(45)10-7-22-15-23-11-14-50-31(23)33-32(22)52-39-17-25-5-8-26(51-33)18-41-20-36(12-3-4-13-36)55-54-34(25)38(21-43,53-39)37(47)16-24-6-9-28(44)27(19-42)30(24)40(39,48)35(37)46/h6,9,11,14-15,17,24,26-28,30,34-35,41-44,46-48H,2-5,7-8,10,12-13,16,18-21H2,1H3/t24-,26+,27-,28+,30+,34+,35+,37+,38+,39-,40-/m1/s1. The van der Waals surface area contributed by atoms with Crippen molar-refractivity contribution in [1.29, 1.82) is 0 Å². The van der Waals surface area contributed by atoms with Gasteiger partial charge in [0.05, 0.1) is 30.8 Å². The number of aliphatic hydroxyl groups excluding tert-OH is 4. The van der Waals surface area contributed by atoms with E-state index in [0.29, 0.717) is 42.5 Å². The van der Waals surface area contributed by atoms with E-state index in [-0.39, 0.29) is 42.1 Å². The summed E-state index contributed by atoms with van der Waals surface area (Å²) in [5, 5.41) is 77.0. The Morgan fingerprint density at radius 2 is 1.95 bits per heavy atom. The molecule has 2 spiro atoms. The van der Waals surface area contributed by atoms with Gasteiger partial charge in [0, 0.05) is 48.1 Å². The molecule has 7 aliphatic rings. The molecule has 1 aromatic carbocycles. The summed E-state index contributed by atoms with van der Waals surface area (Å²) < 4.78 is 32.5. The lowest BCUT2D eigenvalue weighted by atomic mass is 9.47. The quantitative estimate of drug-likeness (QED) is 0.128. The van der Waals surface area contributed by atoms with Crippen molar-refractivity contribution in [2.45, 2.75) is 116 Å². The molecular formula is C40H51NO12S2. The van der Waals surface area contributed by atoms with Crippen LogP contribution in [-0.4, -0.2) is 120 Å². The molecule has 2 aromatic rings. The lowest BCUT2D eigenvalue weighted by molar-refractivity contribution is -0.451. The topological polar surface area (TPSA) is 201 Å². The monoisotopic (exact) mass is 801 g/mol. The number of benzene rings is 1. The Labute approximate surface area is 327 Å². The van der Waals surface area contributed by atoms with E-state index in [1.54, 1.807) is 42.0 Å². The number of esters is 1. The fourth-order valence-electron chi connectivity index (χ4n) is 10.9. The highest BCUT2D eigenvalue weighted by Gasteiger charge is 2.84. The number of carbonyl (C=O) groups excluding carboxylic acids is 1. The van der Waals surface area contributed by atoms with Crippen LogP contribution >= 0.6 is 21.6 Å². The van der Waals surface area contributed by atoms with Crippen LogP contribution in [0.15, 0.2) is 46.6 Å². The van der Waals surface area contributed by atoms with Crippen molar-refractivity contribution in [3.8, 4) is 11.5 Å². The summed E-state index contributed by atoms with van der Waals surface area (Å²) >= 11 is 0. The molecule has 55 heavy (non-hydrogen) atoms. The Morgan fingerprint density at radius 3 is 2.71 bits per heavy atom. The summed E-state index contributed by atoms with van der Waals surface area (Å²) in [4.78, 5) is 12.8. The normalized spacial score (nSPS) is 41.4. The summed E-state index contributed by atoms with van der Waals surface area (Å²) in [6.45, 7) is 1.90. The van der Waals surface area contributed by atoms with Gasteiger partial charge < -0.3 is 59.3 Å². The average molecular weight is 802 g/mol. The third kappa shape index (κ3) is 5.55. The third-order valence-electron chi connectivity index (χ3n) is 13.6. The number of rotatable bonds is 6. The molecule has 0 unspecified atom stereocenters. The zero-order valence-corrected chi connectivity index (χ0v) is 32.5. The number of aliphatic hydroxyl groups is 6. The van der Waals surface area contributed by atoms with Crippen molar-refractivity contribution >= 4 is 38.5 Å². The number of fused-ring (bicyclic) bond motifs is 12. The molecule has 300 valence electrons. The van der Waals surface area contributed by atoms with Crippen molar-refractivity contribution in [3.63, 3.8) is 0 Å². The van der Waals surface area contributed by atoms with Gasteiger partial charge in [0.1, 0.15) is 23.4 Å². The van der Waals surface area contributed by atoms with Gasteiger partial charge in [-0.05, 0) is 75.1 Å². The van der Waals surface area contributed by atoms with Gasteiger partial charge in [-0.15, -0.1) is 0 Å². The lowest BCUT2D eigenvalue weighted by Gasteiger charge is -2.72. The highest BCUT2D eigenvalue weighted by Crippen LogP contribution is 2.68. The lowest BCUT2D eigenvalue weighted by Crippen LogP contribution is -2.91. The average Bonchev–Trinajstić information content (AvgIpc) is 3.84. The number of furan rings is 1. The van der Waals surface area contributed by atoms with E-state index in [1.807, 2.05) is 6.07 Å². The van der Waals surface area contributed by atoms with E-state index in [9.17, 15) is 35.4 Å². The minimum Gasteiger partial charge on any atom is -0.482 e. The van der Waals surface area contributed by atoms with Crippen molar-refractivity contribution in [1.82, 2.24) is 5.32 Å². The second kappa shape index (κ2) is 13.9. The van der Waals surface area contributed by atoms with E-state index < -0.39 is 83.1 Å². The fraction of sp³-hybridized carbons (Fsp3) is 0.675. The first-order chi connectivity index (χ1) is 26.5. The molecule has 4 aliphatic heterocycles. The van der Waals surface area contributed by atoms with Crippen LogP contribution in [0, 0.1) is 17.8 Å². The van der Waals surface area contributed by atoms with Crippen molar-refractivity contribution in [3.05, 3.63) is 47.8 Å². The third-order valence-corrected chi connectivity index (χ3v) is 17.4. The maximum absolute atomic E-state index is 13.6. The molecule has 0 amide bonds. The number of ether oxygens (including phenoxy) is 4. The minimum absolute atomic E-state index is 0.00750. The maximum Gasteiger partial charge on any atom is 0.306 e. The molecule has 1 aromatic heterocycles. The van der Waals surface area contributed by atoms with E-state index in [1.165, 1.54) is 17.1 Å². The molecule has 0 radical (unpaired) electrons. The van der Waals surface area contributed by atoms with E-state index >= 15 is 0 Å². The van der Waals surface area contributed by atoms with Crippen LogP contribution < -0.4 is 14.8 Å². The van der Waals surface area contributed by atoms with Gasteiger partial charge in [-0.3, -0.25) is 4.79 Å². The Hall–Kier alpha value is -2.31. The maximum atomic E-state index is 13.6. The minimum atomic E-state index is -2.51. The first-order valence-corrected chi connectivity index (χ1v) is 21.9. The van der Waals surface area contributed by atoms with Gasteiger partial charge in [-0.2, -0.15) is 0 Å². The fourth-order valence-corrected chi connectivity index (χ4v) is 15.1. The highest BCUT2D eigenvalue weighted by molar-refractivity contribution is 8.77. The smallest absolute Gasteiger partial charge is 0.306 e. The highest BCUT2D eigenvalue weighted by atomic mass is 33.1. The molecule has 3 aliphatic carbocycles. The molecule has 2 saturated carbocycles. The molecule has 6 bridgehead atoms. The molecule has 5 heterocycles. The van der Waals surface area contributed by atoms with Gasteiger partial charge >= 0.3 is 5.97 Å². The van der Waals surface area contributed by atoms with Crippen LogP contribution in [0.25, 0.3) is 11.0 Å². The first-order valence-electron chi connectivity index (χ1n) is 19.7. The van der Waals surface area contributed by atoms with Crippen LogP contribution in [0.4, 0.5) is 0 Å². The van der Waals surface area contributed by atoms with Crippen molar-refractivity contribution < 1.29 is 58.8 Å². The Bertz CT molecular complexity index is 1880. The number of allylic oxidation sites excluding steroid dienone is 1. The number of hydrogen-bond acceptors (Lipinski definition) is 15. The zero-order valence-electron chi connectivity index (χ0n) is 30.9. The first kappa shape index (κ1) is 38.2.